The molecule has 1 amide bonds. The van der Waals surface area contributed by atoms with Gasteiger partial charge in [-0.25, -0.2) is 17.5 Å². The molecule has 0 aliphatic rings. The van der Waals surface area contributed by atoms with E-state index in [2.05, 4.69) is 0 Å². The summed E-state index contributed by atoms with van der Waals surface area (Å²) in [5.74, 6) is -1.99. The van der Waals surface area contributed by atoms with Crippen molar-refractivity contribution in [2.24, 2.45) is 0 Å². The molecule has 150 valence electrons. The molecule has 1 N–H and O–H groups in total. The molecule has 0 aliphatic heterocycles. The van der Waals surface area contributed by atoms with Crippen molar-refractivity contribution >= 4 is 27.5 Å². The number of hydrogen-bond acceptors (Lipinski definition) is 4. The molecule has 0 fully saturated rings. The average Bonchev–Trinajstić information content (AvgIpc) is 2.68. The molecule has 29 heavy (non-hydrogen) atoms. The number of amides is 1. The summed E-state index contributed by atoms with van der Waals surface area (Å²) in [6.45, 7) is 0.142. The van der Waals surface area contributed by atoms with E-state index in [9.17, 15) is 17.6 Å². The lowest BCUT2D eigenvalue weighted by Crippen LogP contribution is -2.30. The number of nitrogens with one attached hydrogen (secondary N) is 1. The summed E-state index contributed by atoms with van der Waals surface area (Å²) >= 11 is 6.07. The highest BCUT2D eigenvalue weighted by molar-refractivity contribution is 7.89. The Balaban J connectivity index is 1.71. The predicted octanol–water partition coefficient (Wildman–Crippen LogP) is 4.41. The predicted molar refractivity (Wildman–Crippen MR) is 110 cm³/mol. The van der Waals surface area contributed by atoms with Gasteiger partial charge in [0.15, 0.2) is 0 Å². The first-order valence-electron chi connectivity index (χ1n) is 8.51. The van der Waals surface area contributed by atoms with Gasteiger partial charge in [0, 0.05) is 6.07 Å². The normalized spacial score (nSPS) is 11.1. The Morgan fingerprint density at radius 3 is 2.28 bits per heavy atom. The Morgan fingerprint density at radius 2 is 1.66 bits per heavy atom. The van der Waals surface area contributed by atoms with E-state index in [1.165, 1.54) is 0 Å². The Kier molecular flexibility index (Phi) is 6.20. The van der Waals surface area contributed by atoms with E-state index in [-0.39, 0.29) is 17.4 Å². The summed E-state index contributed by atoms with van der Waals surface area (Å²) in [6.07, 6.45) is 0.797. The van der Waals surface area contributed by atoms with Gasteiger partial charge >= 0.3 is 0 Å². The van der Waals surface area contributed by atoms with Gasteiger partial charge in [0.2, 0.25) is 10.0 Å². The molecular weight excluding hydrogens is 417 g/mol. The van der Waals surface area contributed by atoms with Crippen LogP contribution in [0.5, 0.6) is 5.75 Å². The highest BCUT2D eigenvalue weighted by Gasteiger charge is 2.18. The molecule has 3 aromatic carbocycles. The first-order chi connectivity index (χ1) is 13.7. The molecule has 0 heterocycles. The van der Waals surface area contributed by atoms with Crippen molar-refractivity contribution in [2.75, 3.05) is 6.26 Å². The van der Waals surface area contributed by atoms with Crippen molar-refractivity contribution in [2.45, 2.75) is 6.61 Å². The van der Waals surface area contributed by atoms with Crippen LogP contribution in [-0.2, 0) is 16.6 Å². The SMILES string of the molecule is CS(=O)(=O)NC(=O)c1cc(Cl)c(OCc2ccc(-c3ccccc3)cc2)cc1F. The van der Waals surface area contributed by atoms with Crippen LogP contribution in [0.15, 0.2) is 66.7 Å². The summed E-state index contributed by atoms with van der Waals surface area (Å²) in [5.41, 5.74) is 2.51. The fraction of sp³-hybridized carbons (Fsp3) is 0.0952. The van der Waals surface area contributed by atoms with Gasteiger partial charge in [0.05, 0.1) is 16.8 Å². The number of carbonyl (C=O) groups is 1. The second-order valence-corrected chi connectivity index (χ2v) is 8.47. The van der Waals surface area contributed by atoms with Gasteiger partial charge in [0.25, 0.3) is 5.91 Å². The second kappa shape index (κ2) is 8.63. The van der Waals surface area contributed by atoms with Gasteiger partial charge < -0.3 is 4.74 Å². The van der Waals surface area contributed by atoms with Crippen LogP contribution in [0.1, 0.15) is 15.9 Å². The largest absolute Gasteiger partial charge is 0.487 e. The van der Waals surface area contributed by atoms with Gasteiger partial charge in [-0.2, -0.15) is 0 Å². The maximum absolute atomic E-state index is 14.2. The van der Waals surface area contributed by atoms with Gasteiger partial charge in [-0.15, -0.1) is 0 Å². The molecule has 0 aliphatic carbocycles. The lowest BCUT2D eigenvalue weighted by Gasteiger charge is -2.11. The van der Waals surface area contributed by atoms with Crippen LogP contribution in [0, 0.1) is 5.82 Å². The first kappa shape index (κ1) is 20.8. The van der Waals surface area contributed by atoms with Gasteiger partial charge in [-0.3, -0.25) is 4.79 Å². The number of benzene rings is 3. The lowest BCUT2D eigenvalue weighted by molar-refractivity contribution is 0.0977. The topological polar surface area (TPSA) is 72.5 Å². The Bertz CT molecular complexity index is 1130. The minimum absolute atomic E-state index is 0.00837. The van der Waals surface area contributed by atoms with Crippen LogP contribution in [0.3, 0.4) is 0 Å². The minimum atomic E-state index is -3.82. The van der Waals surface area contributed by atoms with E-state index >= 15 is 0 Å². The Hall–Kier alpha value is -2.90. The molecule has 3 aromatic rings. The van der Waals surface area contributed by atoms with Crippen LogP contribution in [0.4, 0.5) is 4.39 Å². The average molecular weight is 434 g/mol. The van der Waals surface area contributed by atoms with Crippen LogP contribution in [0.25, 0.3) is 11.1 Å². The molecule has 0 saturated heterocycles. The quantitative estimate of drug-likeness (QED) is 0.624. The van der Waals surface area contributed by atoms with Crippen molar-refractivity contribution in [3.05, 3.63) is 88.7 Å². The highest BCUT2D eigenvalue weighted by atomic mass is 35.5. The van der Waals surface area contributed by atoms with E-state index in [0.29, 0.717) is 0 Å². The van der Waals surface area contributed by atoms with Crippen molar-refractivity contribution in [3.8, 4) is 16.9 Å². The number of halogens is 2. The molecule has 0 radical (unpaired) electrons. The van der Waals surface area contributed by atoms with Crippen LogP contribution in [0.2, 0.25) is 5.02 Å². The molecule has 8 heteroatoms. The summed E-state index contributed by atoms with van der Waals surface area (Å²) in [7, 11) is -3.82. The van der Waals surface area contributed by atoms with Crippen molar-refractivity contribution in [3.63, 3.8) is 0 Å². The summed E-state index contributed by atoms with van der Waals surface area (Å²) in [5, 5.41) is -0.00837. The zero-order valence-electron chi connectivity index (χ0n) is 15.4. The molecule has 0 unspecified atom stereocenters. The standard InChI is InChI=1S/C21H17ClFNO4S/c1-29(26,27)24-21(25)17-11-18(22)20(12-19(17)23)28-13-14-7-9-16(10-8-14)15-5-3-2-4-6-15/h2-12H,13H2,1H3,(H,24,25). The molecule has 0 bridgehead atoms. The molecule has 0 spiro atoms. The van der Waals surface area contributed by atoms with E-state index in [1.54, 1.807) is 4.72 Å². The van der Waals surface area contributed by atoms with Crippen LogP contribution >= 0.6 is 11.6 Å². The lowest BCUT2D eigenvalue weighted by atomic mass is 10.0. The van der Waals surface area contributed by atoms with E-state index in [0.717, 1.165) is 35.1 Å². The van der Waals surface area contributed by atoms with Crippen LogP contribution < -0.4 is 9.46 Å². The maximum atomic E-state index is 14.2. The molecular formula is C21H17ClFNO4S. The zero-order chi connectivity index (χ0) is 21.0. The fourth-order valence-electron chi connectivity index (χ4n) is 2.62. The summed E-state index contributed by atoms with van der Waals surface area (Å²) in [6, 6.07) is 19.6. The number of hydrogen-bond donors (Lipinski definition) is 1. The van der Waals surface area contributed by atoms with Gasteiger partial charge in [0.1, 0.15) is 18.2 Å². The fourth-order valence-corrected chi connectivity index (χ4v) is 3.29. The van der Waals surface area contributed by atoms with Crippen molar-refractivity contribution < 1.29 is 22.3 Å². The molecule has 0 atom stereocenters. The van der Waals surface area contributed by atoms with Crippen molar-refractivity contribution in [1.29, 1.82) is 0 Å². The van der Waals surface area contributed by atoms with E-state index in [4.69, 9.17) is 16.3 Å². The smallest absolute Gasteiger partial charge is 0.267 e. The monoisotopic (exact) mass is 433 g/mol. The third-order valence-electron chi connectivity index (χ3n) is 4.00. The highest BCUT2D eigenvalue weighted by Crippen LogP contribution is 2.29. The summed E-state index contributed by atoms with van der Waals surface area (Å²) in [4.78, 5) is 11.8. The number of sulfonamides is 1. The minimum Gasteiger partial charge on any atom is -0.487 e. The van der Waals surface area contributed by atoms with Gasteiger partial charge in [-0.1, -0.05) is 66.2 Å². The second-order valence-electron chi connectivity index (χ2n) is 6.32. The molecule has 3 rings (SSSR count). The third-order valence-corrected chi connectivity index (χ3v) is 4.85. The molecule has 5 nitrogen and oxygen atoms in total. The number of ether oxygens (including phenoxy) is 1. The van der Waals surface area contributed by atoms with Crippen molar-refractivity contribution in [1.82, 2.24) is 4.72 Å². The van der Waals surface area contributed by atoms with E-state index in [1.807, 2.05) is 54.6 Å². The Labute approximate surface area is 173 Å². The summed E-state index contributed by atoms with van der Waals surface area (Å²) < 4.78 is 43.8. The molecule has 0 aromatic heterocycles. The van der Waals surface area contributed by atoms with E-state index < -0.39 is 27.3 Å². The first-order valence-corrected chi connectivity index (χ1v) is 10.8. The third kappa shape index (κ3) is 5.56. The van der Waals surface area contributed by atoms with Gasteiger partial charge in [-0.05, 0) is 22.8 Å². The molecule has 0 saturated carbocycles. The maximum Gasteiger partial charge on any atom is 0.267 e. The number of carbonyl (C=O) groups excluding carboxylic acids is 1. The number of rotatable bonds is 6. The zero-order valence-corrected chi connectivity index (χ0v) is 16.9. The van der Waals surface area contributed by atoms with Crippen LogP contribution in [-0.4, -0.2) is 20.6 Å². The Morgan fingerprint density at radius 1 is 1.03 bits per heavy atom.